The molecule has 0 amide bonds. The van der Waals surface area contributed by atoms with Crippen molar-refractivity contribution in [3.8, 4) is 0 Å². The number of hydrogen-bond acceptors (Lipinski definition) is 3. The molecule has 0 aromatic carbocycles. The van der Waals surface area contributed by atoms with Crippen molar-refractivity contribution in [2.45, 2.75) is 46.8 Å². The number of ether oxygens (including phenoxy) is 1. The summed E-state index contributed by atoms with van der Waals surface area (Å²) in [5.74, 6) is 1.71. The van der Waals surface area contributed by atoms with Crippen LogP contribution < -0.4 is 5.32 Å². The molecule has 4 heteroatoms. The Labute approximate surface area is 104 Å². The summed E-state index contributed by atoms with van der Waals surface area (Å²) in [7, 11) is 3.86. The van der Waals surface area contributed by atoms with Gasteiger partial charge in [-0.05, 0) is 26.2 Å². The summed E-state index contributed by atoms with van der Waals surface area (Å²) in [5, 5.41) is 7.56. The Morgan fingerprint density at radius 3 is 2.53 bits per heavy atom. The van der Waals surface area contributed by atoms with Crippen LogP contribution in [0.3, 0.4) is 0 Å². The normalized spacial score (nSPS) is 13.1. The highest BCUT2D eigenvalue weighted by Gasteiger charge is 2.13. The summed E-state index contributed by atoms with van der Waals surface area (Å²) < 4.78 is 7.74. The van der Waals surface area contributed by atoms with Gasteiger partial charge in [0.25, 0.3) is 0 Å². The molecule has 1 heterocycles. The number of aromatic nitrogens is 2. The summed E-state index contributed by atoms with van der Waals surface area (Å²) in [4.78, 5) is 0. The zero-order valence-electron chi connectivity index (χ0n) is 11.9. The summed E-state index contributed by atoms with van der Waals surface area (Å²) in [6.07, 6.45) is 1.38. The maximum Gasteiger partial charge on any atom is 0.129 e. The van der Waals surface area contributed by atoms with E-state index in [4.69, 9.17) is 4.74 Å². The van der Waals surface area contributed by atoms with E-state index in [2.05, 4.69) is 31.2 Å². The summed E-state index contributed by atoms with van der Waals surface area (Å²) in [6, 6.07) is 0. The lowest BCUT2D eigenvalue weighted by Crippen LogP contribution is -2.12. The first-order valence-electron chi connectivity index (χ1n) is 6.27. The molecule has 0 saturated heterocycles. The highest BCUT2D eigenvalue weighted by atomic mass is 16.5. The maximum atomic E-state index is 5.88. The van der Waals surface area contributed by atoms with E-state index in [1.54, 1.807) is 0 Å². The van der Waals surface area contributed by atoms with E-state index < -0.39 is 0 Å². The third kappa shape index (κ3) is 3.73. The van der Waals surface area contributed by atoms with Gasteiger partial charge in [0.1, 0.15) is 5.82 Å². The van der Waals surface area contributed by atoms with Gasteiger partial charge in [0, 0.05) is 19.7 Å². The lowest BCUT2D eigenvalue weighted by molar-refractivity contribution is 0.0397. The largest absolute Gasteiger partial charge is 0.374 e. The van der Waals surface area contributed by atoms with Crippen molar-refractivity contribution in [3.05, 3.63) is 11.3 Å². The Morgan fingerprint density at radius 2 is 2.00 bits per heavy atom. The fourth-order valence-electron chi connectivity index (χ4n) is 2.15. The molecule has 0 aliphatic carbocycles. The standard InChI is InChI=1S/C13H25N3O/c1-9(2)7-10(3)17-8-12-11(4)15-16(6)13(12)14-5/h9-10,14H,7-8H2,1-6H3. The third-order valence-corrected chi connectivity index (χ3v) is 2.90. The molecule has 0 spiro atoms. The molecule has 1 aromatic heterocycles. The van der Waals surface area contributed by atoms with Crippen LogP contribution in [-0.4, -0.2) is 22.9 Å². The molecule has 0 aliphatic rings. The second-order valence-corrected chi connectivity index (χ2v) is 5.04. The van der Waals surface area contributed by atoms with Gasteiger partial charge in [0.05, 0.1) is 18.4 Å². The van der Waals surface area contributed by atoms with E-state index >= 15 is 0 Å². The van der Waals surface area contributed by atoms with Gasteiger partial charge in [0.2, 0.25) is 0 Å². The van der Waals surface area contributed by atoms with Gasteiger partial charge in [-0.1, -0.05) is 13.8 Å². The number of anilines is 1. The molecule has 4 nitrogen and oxygen atoms in total. The first kappa shape index (κ1) is 14.0. The first-order chi connectivity index (χ1) is 7.95. The van der Waals surface area contributed by atoms with Crippen molar-refractivity contribution in [1.29, 1.82) is 0 Å². The molecule has 1 rings (SSSR count). The zero-order valence-corrected chi connectivity index (χ0v) is 11.9. The molecule has 0 saturated carbocycles. The van der Waals surface area contributed by atoms with Gasteiger partial charge in [-0.2, -0.15) is 5.10 Å². The molecule has 0 aliphatic heterocycles. The van der Waals surface area contributed by atoms with Crippen molar-refractivity contribution in [2.75, 3.05) is 12.4 Å². The predicted octanol–water partition coefficient (Wildman–Crippen LogP) is 2.72. The van der Waals surface area contributed by atoms with Crippen LogP contribution in [0, 0.1) is 12.8 Å². The van der Waals surface area contributed by atoms with Crippen molar-refractivity contribution in [3.63, 3.8) is 0 Å². The third-order valence-electron chi connectivity index (χ3n) is 2.90. The van der Waals surface area contributed by atoms with Crippen molar-refractivity contribution in [1.82, 2.24) is 9.78 Å². The Kier molecular flexibility index (Phi) is 5.00. The number of rotatable bonds is 6. The average molecular weight is 239 g/mol. The lowest BCUT2D eigenvalue weighted by Gasteiger charge is -2.15. The summed E-state index contributed by atoms with van der Waals surface area (Å²) in [5.41, 5.74) is 2.19. The van der Waals surface area contributed by atoms with Crippen molar-refractivity contribution < 1.29 is 4.74 Å². The minimum Gasteiger partial charge on any atom is -0.374 e. The molecule has 1 N–H and O–H groups in total. The highest BCUT2D eigenvalue weighted by Crippen LogP contribution is 2.20. The van der Waals surface area contributed by atoms with Gasteiger partial charge in [-0.15, -0.1) is 0 Å². The Bertz CT molecular complexity index is 358. The summed E-state index contributed by atoms with van der Waals surface area (Å²) in [6.45, 7) is 9.21. The highest BCUT2D eigenvalue weighted by molar-refractivity contribution is 5.46. The molecule has 0 bridgehead atoms. The van der Waals surface area contributed by atoms with Crippen LogP contribution in [0.5, 0.6) is 0 Å². The van der Waals surface area contributed by atoms with Gasteiger partial charge >= 0.3 is 0 Å². The van der Waals surface area contributed by atoms with Crippen molar-refractivity contribution in [2.24, 2.45) is 13.0 Å². The van der Waals surface area contributed by atoms with Crippen LogP contribution in [0.25, 0.3) is 0 Å². The molecule has 0 radical (unpaired) electrons. The number of hydrogen-bond donors (Lipinski definition) is 1. The Morgan fingerprint density at radius 1 is 1.35 bits per heavy atom. The van der Waals surface area contributed by atoms with E-state index in [0.29, 0.717) is 18.6 Å². The van der Waals surface area contributed by atoms with Gasteiger partial charge in [-0.25, -0.2) is 0 Å². The molecule has 17 heavy (non-hydrogen) atoms. The monoisotopic (exact) mass is 239 g/mol. The van der Waals surface area contributed by atoms with Crippen LogP contribution in [0.2, 0.25) is 0 Å². The molecule has 0 fully saturated rings. The predicted molar refractivity (Wildman–Crippen MR) is 71.2 cm³/mol. The number of aryl methyl sites for hydroxylation is 2. The van der Waals surface area contributed by atoms with E-state index in [1.807, 2.05) is 25.7 Å². The fraction of sp³-hybridized carbons (Fsp3) is 0.769. The minimum absolute atomic E-state index is 0.291. The van der Waals surface area contributed by atoms with E-state index in [9.17, 15) is 0 Å². The SMILES string of the molecule is CNc1c(COC(C)CC(C)C)c(C)nn1C. The van der Waals surface area contributed by atoms with E-state index in [1.165, 1.54) is 0 Å². The molecular weight excluding hydrogens is 214 g/mol. The van der Waals surface area contributed by atoms with E-state index in [0.717, 1.165) is 23.5 Å². The Balaban J connectivity index is 2.62. The zero-order chi connectivity index (χ0) is 13.0. The van der Waals surface area contributed by atoms with Crippen LogP contribution in [-0.2, 0) is 18.4 Å². The fourth-order valence-corrected chi connectivity index (χ4v) is 2.15. The van der Waals surface area contributed by atoms with Crippen molar-refractivity contribution >= 4 is 5.82 Å². The average Bonchev–Trinajstić information content (AvgIpc) is 2.48. The smallest absolute Gasteiger partial charge is 0.129 e. The van der Waals surface area contributed by atoms with E-state index in [-0.39, 0.29) is 0 Å². The van der Waals surface area contributed by atoms with Crippen LogP contribution in [0.15, 0.2) is 0 Å². The molecule has 1 atom stereocenters. The number of nitrogens with zero attached hydrogens (tertiary/aromatic N) is 2. The lowest BCUT2D eigenvalue weighted by atomic mass is 10.1. The van der Waals surface area contributed by atoms with Gasteiger partial charge in [0.15, 0.2) is 0 Å². The summed E-state index contributed by atoms with van der Waals surface area (Å²) >= 11 is 0. The first-order valence-corrected chi connectivity index (χ1v) is 6.27. The second-order valence-electron chi connectivity index (χ2n) is 5.04. The number of nitrogens with one attached hydrogen (secondary N) is 1. The quantitative estimate of drug-likeness (QED) is 0.829. The van der Waals surface area contributed by atoms with Crippen LogP contribution >= 0.6 is 0 Å². The molecular formula is C13H25N3O. The second kappa shape index (κ2) is 6.05. The maximum absolute atomic E-state index is 5.88. The van der Waals surface area contributed by atoms with Crippen LogP contribution in [0.4, 0.5) is 5.82 Å². The molecule has 1 aromatic rings. The van der Waals surface area contributed by atoms with Gasteiger partial charge in [-0.3, -0.25) is 4.68 Å². The Hall–Kier alpha value is -1.03. The molecule has 98 valence electrons. The topological polar surface area (TPSA) is 39.1 Å². The van der Waals surface area contributed by atoms with Gasteiger partial charge < -0.3 is 10.1 Å². The van der Waals surface area contributed by atoms with Crippen LogP contribution in [0.1, 0.15) is 38.4 Å². The minimum atomic E-state index is 0.291. The molecule has 1 unspecified atom stereocenters.